The predicted octanol–water partition coefficient (Wildman–Crippen LogP) is 5.08. The molecule has 18 heavy (non-hydrogen) atoms. The van der Waals surface area contributed by atoms with Crippen LogP contribution in [0.3, 0.4) is 0 Å². The highest BCUT2D eigenvalue weighted by atomic mass is 79.9. The molecule has 1 heterocycles. The normalized spacial score (nSPS) is 11.0. The van der Waals surface area contributed by atoms with Crippen molar-refractivity contribution in [1.29, 1.82) is 0 Å². The van der Waals surface area contributed by atoms with Gasteiger partial charge in [-0.1, -0.05) is 27.5 Å². The van der Waals surface area contributed by atoms with Crippen LogP contribution < -0.4 is 0 Å². The van der Waals surface area contributed by atoms with Crippen molar-refractivity contribution in [3.05, 3.63) is 45.9 Å². The van der Waals surface area contributed by atoms with Gasteiger partial charge in [-0.05, 0) is 36.4 Å². The number of halogens is 2. The number of phenols is 1. The molecule has 1 N–H and O–H groups in total. The summed E-state index contributed by atoms with van der Waals surface area (Å²) in [5, 5.41) is 11.4. The third-order valence-corrected chi connectivity index (χ3v) is 4.34. The van der Waals surface area contributed by atoms with E-state index in [1.807, 2.05) is 30.3 Å². The number of nitrogens with zero attached hydrogens (tertiary/aromatic N) is 1. The van der Waals surface area contributed by atoms with E-state index in [0.717, 1.165) is 25.3 Å². The molecule has 90 valence electrons. The number of hydrogen-bond donors (Lipinski definition) is 1. The van der Waals surface area contributed by atoms with Gasteiger partial charge in [-0.3, -0.25) is 0 Å². The smallest absolute Gasteiger partial charge is 0.128 e. The molecule has 0 fully saturated rings. The summed E-state index contributed by atoms with van der Waals surface area (Å²) in [5.41, 5.74) is 1.58. The van der Waals surface area contributed by atoms with Crippen molar-refractivity contribution < 1.29 is 5.11 Å². The lowest BCUT2D eigenvalue weighted by atomic mass is 10.2. The number of aromatic hydroxyl groups is 1. The molecule has 5 heteroatoms. The first-order valence-electron chi connectivity index (χ1n) is 5.18. The average Bonchev–Trinajstić information content (AvgIpc) is 2.71. The van der Waals surface area contributed by atoms with E-state index in [2.05, 4.69) is 20.9 Å². The van der Waals surface area contributed by atoms with Crippen molar-refractivity contribution in [1.82, 2.24) is 4.98 Å². The molecule has 0 saturated carbocycles. The van der Waals surface area contributed by atoms with Gasteiger partial charge in [0.2, 0.25) is 0 Å². The van der Waals surface area contributed by atoms with E-state index >= 15 is 0 Å². The Labute approximate surface area is 121 Å². The Morgan fingerprint density at radius 3 is 2.78 bits per heavy atom. The fourth-order valence-electron chi connectivity index (χ4n) is 1.70. The van der Waals surface area contributed by atoms with Crippen LogP contribution in [-0.2, 0) is 0 Å². The molecule has 0 saturated heterocycles. The molecule has 3 rings (SSSR count). The number of phenolic OH excluding ortho intramolecular Hbond substituents is 1. The van der Waals surface area contributed by atoms with Crippen LogP contribution in [0.4, 0.5) is 0 Å². The van der Waals surface area contributed by atoms with E-state index in [1.54, 1.807) is 6.07 Å². The standard InChI is InChI=1S/C13H7BrClNOS/c14-7-1-3-9(11(17)5-7)13-16-10-6-8(15)2-4-12(10)18-13/h1-6,17H. The van der Waals surface area contributed by atoms with Crippen LogP contribution in [0, 0.1) is 0 Å². The fraction of sp³-hybridized carbons (Fsp3) is 0. The number of hydrogen-bond acceptors (Lipinski definition) is 3. The van der Waals surface area contributed by atoms with E-state index in [9.17, 15) is 5.11 Å². The highest BCUT2D eigenvalue weighted by molar-refractivity contribution is 9.10. The molecule has 0 aliphatic heterocycles. The fourth-order valence-corrected chi connectivity index (χ4v) is 3.20. The van der Waals surface area contributed by atoms with Crippen molar-refractivity contribution >= 4 is 49.1 Å². The third-order valence-electron chi connectivity index (χ3n) is 2.54. The summed E-state index contributed by atoms with van der Waals surface area (Å²) in [7, 11) is 0. The van der Waals surface area contributed by atoms with Crippen molar-refractivity contribution in [3.63, 3.8) is 0 Å². The third kappa shape index (κ3) is 2.11. The lowest BCUT2D eigenvalue weighted by Crippen LogP contribution is -1.77. The van der Waals surface area contributed by atoms with Crippen LogP contribution >= 0.6 is 38.9 Å². The van der Waals surface area contributed by atoms with Crippen LogP contribution in [0.2, 0.25) is 5.02 Å². The molecule has 0 radical (unpaired) electrons. The summed E-state index contributed by atoms with van der Waals surface area (Å²) >= 11 is 10.8. The summed E-state index contributed by atoms with van der Waals surface area (Å²) in [4.78, 5) is 4.49. The van der Waals surface area contributed by atoms with E-state index in [0.29, 0.717) is 5.02 Å². The summed E-state index contributed by atoms with van der Waals surface area (Å²) < 4.78 is 1.89. The summed E-state index contributed by atoms with van der Waals surface area (Å²) in [6.07, 6.45) is 0. The molecule has 0 amide bonds. The zero-order chi connectivity index (χ0) is 12.7. The highest BCUT2D eigenvalue weighted by Crippen LogP contribution is 2.37. The molecule has 2 nitrogen and oxygen atoms in total. The lowest BCUT2D eigenvalue weighted by Gasteiger charge is -2.00. The SMILES string of the molecule is Oc1cc(Br)ccc1-c1nc2cc(Cl)ccc2s1. The maximum Gasteiger partial charge on any atom is 0.128 e. The Balaban J connectivity index is 2.19. The Bertz CT molecular complexity index is 741. The van der Waals surface area contributed by atoms with Crippen molar-refractivity contribution in [2.45, 2.75) is 0 Å². The monoisotopic (exact) mass is 339 g/mol. The molecular weight excluding hydrogens is 334 g/mol. The molecule has 3 aromatic rings. The van der Waals surface area contributed by atoms with Crippen LogP contribution in [0.1, 0.15) is 0 Å². The van der Waals surface area contributed by atoms with Gasteiger partial charge in [0.1, 0.15) is 10.8 Å². The number of aromatic nitrogens is 1. The molecule has 0 atom stereocenters. The zero-order valence-corrected chi connectivity index (χ0v) is 12.2. The van der Waals surface area contributed by atoms with Gasteiger partial charge in [-0.15, -0.1) is 11.3 Å². The first-order chi connectivity index (χ1) is 8.63. The van der Waals surface area contributed by atoms with Gasteiger partial charge < -0.3 is 5.11 Å². The molecule has 0 spiro atoms. The molecule has 0 unspecified atom stereocenters. The number of fused-ring (bicyclic) bond motifs is 1. The van der Waals surface area contributed by atoms with Gasteiger partial charge in [0.15, 0.2) is 0 Å². The van der Waals surface area contributed by atoms with Crippen LogP contribution in [0.5, 0.6) is 5.75 Å². The minimum Gasteiger partial charge on any atom is -0.507 e. The largest absolute Gasteiger partial charge is 0.507 e. The van der Waals surface area contributed by atoms with Crippen molar-refractivity contribution in [2.75, 3.05) is 0 Å². The van der Waals surface area contributed by atoms with Crippen molar-refractivity contribution in [3.8, 4) is 16.3 Å². The van der Waals surface area contributed by atoms with Crippen LogP contribution in [0.15, 0.2) is 40.9 Å². The highest BCUT2D eigenvalue weighted by Gasteiger charge is 2.10. The Morgan fingerprint density at radius 1 is 1.17 bits per heavy atom. The predicted molar refractivity (Wildman–Crippen MR) is 79.4 cm³/mol. The number of thiazole rings is 1. The topological polar surface area (TPSA) is 33.1 Å². The Hall–Kier alpha value is -1.10. The number of rotatable bonds is 1. The van der Waals surface area contributed by atoms with Crippen LogP contribution in [0.25, 0.3) is 20.8 Å². The van der Waals surface area contributed by atoms with Gasteiger partial charge in [0.05, 0.1) is 15.8 Å². The maximum absolute atomic E-state index is 9.94. The minimum atomic E-state index is 0.217. The summed E-state index contributed by atoms with van der Waals surface area (Å²) in [6.45, 7) is 0. The van der Waals surface area contributed by atoms with E-state index < -0.39 is 0 Å². The number of benzene rings is 2. The second kappa shape index (κ2) is 4.53. The summed E-state index contributed by atoms with van der Waals surface area (Å²) in [6, 6.07) is 11.0. The second-order valence-electron chi connectivity index (χ2n) is 3.79. The Kier molecular flexibility index (Phi) is 3.01. The average molecular weight is 341 g/mol. The lowest BCUT2D eigenvalue weighted by molar-refractivity contribution is 0.477. The van der Waals surface area contributed by atoms with Gasteiger partial charge in [0.25, 0.3) is 0 Å². The van der Waals surface area contributed by atoms with E-state index in [4.69, 9.17) is 11.6 Å². The molecular formula is C13H7BrClNOS. The molecule has 0 bridgehead atoms. The van der Waals surface area contributed by atoms with Gasteiger partial charge in [0, 0.05) is 9.50 Å². The molecule has 0 aliphatic rings. The maximum atomic E-state index is 9.94. The quantitative estimate of drug-likeness (QED) is 0.669. The van der Waals surface area contributed by atoms with E-state index in [-0.39, 0.29) is 5.75 Å². The zero-order valence-electron chi connectivity index (χ0n) is 9.02. The minimum absolute atomic E-state index is 0.217. The Morgan fingerprint density at radius 2 is 2.00 bits per heavy atom. The molecule has 1 aromatic heterocycles. The first-order valence-corrected chi connectivity index (χ1v) is 7.17. The molecule has 0 aliphatic carbocycles. The van der Waals surface area contributed by atoms with Gasteiger partial charge in [-0.2, -0.15) is 0 Å². The second-order valence-corrected chi connectivity index (χ2v) is 6.18. The van der Waals surface area contributed by atoms with Gasteiger partial charge in [-0.25, -0.2) is 4.98 Å². The van der Waals surface area contributed by atoms with E-state index in [1.165, 1.54) is 11.3 Å². The first kappa shape index (κ1) is 12.0. The van der Waals surface area contributed by atoms with Crippen LogP contribution in [-0.4, -0.2) is 10.1 Å². The van der Waals surface area contributed by atoms with Gasteiger partial charge >= 0.3 is 0 Å². The molecule has 2 aromatic carbocycles. The summed E-state index contributed by atoms with van der Waals surface area (Å²) in [5.74, 6) is 0.217. The van der Waals surface area contributed by atoms with Crippen molar-refractivity contribution in [2.24, 2.45) is 0 Å².